The smallest absolute Gasteiger partial charge is 0.408 e. The summed E-state index contributed by atoms with van der Waals surface area (Å²) in [6.07, 6.45) is 2.89. The van der Waals surface area contributed by atoms with Crippen molar-refractivity contribution in [3.63, 3.8) is 0 Å². The maximum absolute atomic E-state index is 13.9. The lowest BCUT2D eigenvalue weighted by atomic mass is 9.98. The summed E-state index contributed by atoms with van der Waals surface area (Å²) in [4.78, 5) is 41.2. The zero-order valence-electron chi connectivity index (χ0n) is 22.8. The van der Waals surface area contributed by atoms with Gasteiger partial charge in [0.1, 0.15) is 24.2 Å². The van der Waals surface area contributed by atoms with Gasteiger partial charge >= 0.3 is 6.09 Å². The average molecular weight is 499 g/mol. The van der Waals surface area contributed by atoms with Gasteiger partial charge in [-0.2, -0.15) is 5.26 Å². The van der Waals surface area contributed by atoms with Crippen molar-refractivity contribution in [1.29, 1.82) is 5.26 Å². The van der Waals surface area contributed by atoms with E-state index in [1.165, 1.54) is 4.90 Å². The Morgan fingerprint density at radius 2 is 1.86 bits per heavy atom. The van der Waals surface area contributed by atoms with Crippen LogP contribution in [-0.2, 0) is 14.3 Å². The summed E-state index contributed by atoms with van der Waals surface area (Å²) in [5.41, 5.74) is 0.588. The number of hydrogen-bond donors (Lipinski definition) is 2. The Kier molecular flexibility index (Phi) is 12.2. The van der Waals surface area contributed by atoms with E-state index < -0.39 is 29.7 Å². The average Bonchev–Trinajstić information content (AvgIpc) is 2.76. The summed E-state index contributed by atoms with van der Waals surface area (Å²) >= 11 is 0. The van der Waals surface area contributed by atoms with E-state index >= 15 is 0 Å². The van der Waals surface area contributed by atoms with E-state index in [4.69, 9.17) is 4.74 Å². The number of carbonyl (C=O) groups excluding carboxylic acids is 3. The molecule has 0 aliphatic rings. The van der Waals surface area contributed by atoms with E-state index in [1.54, 1.807) is 45.0 Å². The molecule has 0 spiro atoms. The number of rotatable bonds is 12. The van der Waals surface area contributed by atoms with E-state index in [0.29, 0.717) is 12.0 Å². The van der Waals surface area contributed by atoms with Crippen LogP contribution in [0.5, 0.6) is 0 Å². The molecule has 0 saturated carbocycles. The third-order valence-corrected chi connectivity index (χ3v) is 5.35. The topological polar surface area (TPSA) is 112 Å². The van der Waals surface area contributed by atoms with Gasteiger partial charge in [0.15, 0.2) is 0 Å². The third kappa shape index (κ3) is 10.1. The number of nitrogens with zero attached hydrogens (tertiary/aromatic N) is 2. The molecule has 3 atom stereocenters. The first-order valence-corrected chi connectivity index (χ1v) is 12.5. The second-order valence-corrected chi connectivity index (χ2v) is 10.4. The van der Waals surface area contributed by atoms with Gasteiger partial charge in [-0.1, -0.05) is 58.0 Å². The number of amides is 3. The zero-order chi connectivity index (χ0) is 27.5. The fourth-order valence-electron chi connectivity index (χ4n) is 3.87. The molecule has 1 rings (SSSR count). The molecule has 3 amide bonds. The van der Waals surface area contributed by atoms with Gasteiger partial charge in [0, 0.05) is 6.04 Å². The van der Waals surface area contributed by atoms with Gasteiger partial charge in [-0.25, -0.2) is 4.79 Å². The van der Waals surface area contributed by atoms with Crippen molar-refractivity contribution in [2.24, 2.45) is 5.92 Å². The van der Waals surface area contributed by atoms with E-state index in [-0.39, 0.29) is 24.4 Å². The second-order valence-electron chi connectivity index (χ2n) is 10.4. The summed E-state index contributed by atoms with van der Waals surface area (Å²) in [6.45, 7) is 16.4. The molecule has 8 heteroatoms. The Labute approximate surface area is 216 Å². The first kappa shape index (κ1) is 30.7. The summed E-state index contributed by atoms with van der Waals surface area (Å²) in [7, 11) is 0. The third-order valence-electron chi connectivity index (χ3n) is 5.35. The minimum atomic E-state index is -1.06. The van der Waals surface area contributed by atoms with Crippen LogP contribution in [0.1, 0.15) is 84.9 Å². The highest BCUT2D eigenvalue weighted by Crippen LogP contribution is 2.25. The predicted molar refractivity (Wildman–Crippen MR) is 142 cm³/mol. The first-order chi connectivity index (χ1) is 16.8. The quantitative estimate of drug-likeness (QED) is 0.395. The standard InChI is InChI=1S/C28H42N4O4/c1-9-12-20(5)30-25(33)24(22-14-11-13-21(10-2)18-22)32(16-15-29)26(34)23(17-19(3)4)31-27(35)36-28(6,7)8/h10-11,13-14,18-20,23-24H,2,9,12,16-17H2,1,3-8H3,(H,30,33)(H,31,35). The molecule has 0 bridgehead atoms. The van der Waals surface area contributed by atoms with Crippen molar-refractivity contribution >= 4 is 24.0 Å². The summed E-state index contributed by atoms with van der Waals surface area (Å²) in [6, 6.07) is 7.02. The Morgan fingerprint density at radius 3 is 2.39 bits per heavy atom. The van der Waals surface area contributed by atoms with Gasteiger partial charge in [-0.15, -0.1) is 0 Å². The van der Waals surface area contributed by atoms with Crippen molar-refractivity contribution in [3.05, 3.63) is 42.0 Å². The van der Waals surface area contributed by atoms with Gasteiger partial charge in [0.2, 0.25) is 11.8 Å². The van der Waals surface area contributed by atoms with Crippen molar-refractivity contribution < 1.29 is 19.1 Å². The number of alkyl carbamates (subject to hydrolysis) is 1. The Balaban J connectivity index is 3.49. The highest BCUT2D eigenvalue weighted by Gasteiger charge is 2.37. The van der Waals surface area contributed by atoms with Crippen molar-refractivity contribution in [2.45, 2.75) is 91.5 Å². The monoisotopic (exact) mass is 498 g/mol. The van der Waals surface area contributed by atoms with Crippen LogP contribution in [0.2, 0.25) is 0 Å². The van der Waals surface area contributed by atoms with Crippen LogP contribution in [0, 0.1) is 17.2 Å². The van der Waals surface area contributed by atoms with E-state index in [0.717, 1.165) is 18.4 Å². The maximum atomic E-state index is 13.9. The SMILES string of the molecule is C=Cc1cccc(C(C(=O)NC(C)CCC)N(CC#N)C(=O)C(CC(C)C)NC(=O)OC(C)(C)C)c1. The van der Waals surface area contributed by atoms with Crippen LogP contribution >= 0.6 is 0 Å². The van der Waals surface area contributed by atoms with Crippen molar-refractivity contribution in [1.82, 2.24) is 15.5 Å². The molecule has 0 radical (unpaired) electrons. The molecule has 3 unspecified atom stereocenters. The molecule has 8 nitrogen and oxygen atoms in total. The Hall–Kier alpha value is -3.34. The van der Waals surface area contributed by atoms with Crippen LogP contribution in [0.15, 0.2) is 30.8 Å². The molecule has 0 saturated heterocycles. The van der Waals surface area contributed by atoms with Crippen LogP contribution < -0.4 is 10.6 Å². The normalized spacial score (nSPS) is 13.6. The molecule has 0 aliphatic heterocycles. The number of nitrogens with one attached hydrogen (secondary N) is 2. The Bertz CT molecular complexity index is 946. The lowest BCUT2D eigenvalue weighted by molar-refractivity contribution is -0.142. The number of hydrogen-bond acceptors (Lipinski definition) is 5. The summed E-state index contributed by atoms with van der Waals surface area (Å²) in [5.74, 6) is -0.858. The minimum Gasteiger partial charge on any atom is -0.444 e. The molecule has 36 heavy (non-hydrogen) atoms. The summed E-state index contributed by atoms with van der Waals surface area (Å²) in [5, 5.41) is 15.3. The fraction of sp³-hybridized carbons (Fsp3) is 0.571. The largest absolute Gasteiger partial charge is 0.444 e. The molecule has 198 valence electrons. The molecule has 0 fully saturated rings. The fourth-order valence-corrected chi connectivity index (χ4v) is 3.87. The molecule has 0 heterocycles. The maximum Gasteiger partial charge on any atom is 0.408 e. The second kappa shape index (κ2) is 14.3. The van der Waals surface area contributed by atoms with Crippen molar-refractivity contribution in [2.75, 3.05) is 6.54 Å². The number of ether oxygens (including phenoxy) is 1. The van der Waals surface area contributed by atoms with Crippen LogP contribution in [-0.4, -0.2) is 47.0 Å². The zero-order valence-corrected chi connectivity index (χ0v) is 22.8. The molecule has 2 N–H and O–H groups in total. The number of benzene rings is 1. The van der Waals surface area contributed by atoms with Gasteiger partial charge in [0.05, 0.1) is 6.07 Å². The number of nitriles is 1. The highest BCUT2D eigenvalue weighted by molar-refractivity contribution is 5.92. The first-order valence-electron chi connectivity index (χ1n) is 12.5. The predicted octanol–water partition coefficient (Wildman–Crippen LogP) is 4.97. The molecule has 0 aromatic heterocycles. The molecule has 1 aromatic carbocycles. The minimum absolute atomic E-state index is 0.0544. The van der Waals surface area contributed by atoms with Crippen LogP contribution in [0.3, 0.4) is 0 Å². The van der Waals surface area contributed by atoms with E-state index in [1.807, 2.05) is 39.8 Å². The van der Waals surface area contributed by atoms with E-state index in [2.05, 4.69) is 17.2 Å². The number of carbonyl (C=O) groups is 3. The van der Waals surface area contributed by atoms with Crippen LogP contribution in [0.25, 0.3) is 6.08 Å². The lowest BCUT2D eigenvalue weighted by Gasteiger charge is -2.34. The highest BCUT2D eigenvalue weighted by atomic mass is 16.6. The van der Waals surface area contributed by atoms with Gasteiger partial charge < -0.3 is 20.3 Å². The van der Waals surface area contributed by atoms with E-state index in [9.17, 15) is 19.6 Å². The van der Waals surface area contributed by atoms with Crippen molar-refractivity contribution in [3.8, 4) is 6.07 Å². The van der Waals surface area contributed by atoms with Gasteiger partial charge in [-0.3, -0.25) is 9.59 Å². The molecular weight excluding hydrogens is 456 g/mol. The van der Waals surface area contributed by atoms with Crippen LogP contribution in [0.4, 0.5) is 4.79 Å². The molecule has 0 aliphatic carbocycles. The van der Waals surface area contributed by atoms with Gasteiger partial charge in [0.25, 0.3) is 0 Å². The Morgan fingerprint density at radius 1 is 1.19 bits per heavy atom. The molecule has 1 aromatic rings. The summed E-state index contributed by atoms with van der Waals surface area (Å²) < 4.78 is 5.37. The lowest BCUT2D eigenvalue weighted by Crippen LogP contribution is -2.54. The molecular formula is C28H42N4O4. The van der Waals surface area contributed by atoms with Gasteiger partial charge in [-0.05, 0) is 63.6 Å².